The molecular weight excluding hydrogens is 323 g/mol. The van der Waals surface area contributed by atoms with Gasteiger partial charge in [-0.3, -0.25) is 9.36 Å². The number of pyridine rings is 1. The quantitative estimate of drug-likeness (QED) is 0.741. The minimum atomic E-state index is -0.381. The minimum Gasteiger partial charge on any atom is -0.385 e. The average Bonchev–Trinajstić information content (AvgIpc) is 2.41. The Bertz CT molecular complexity index is 873. The van der Waals surface area contributed by atoms with Gasteiger partial charge in [0.15, 0.2) is 0 Å². The Kier molecular flexibility index (Phi) is 3.06. The van der Waals surface area contributed by atoms with Crippen LogP contribution in [0.4, 0.5) is 10.2 Å². The third-order valence-electron chi connectivity index (χ3n) is 3.11. The summed E-state index contributed by atoms with van der Waals surface area (Å²) in [6, 6.07) is 13.1. The fraction of sp³-hybridized carbons (Fsp3) is 0. The maximum atomic E-state index is 13.2. The van der Waals surface area contributed by atoms with Crippen LogP contribution in [0.5, 0.6) is 0 Å². The zero-order valence-electron chi connectivity index (χ0n) is 10.3. The molecular formula is C15H10BrFN2O. The lowest BCUT2D eigenvalue weighted by Crippen LogP contribution is -2.21. The van der Waals surface area contributed by atoms with E-state index in [4.69, 9.17) is 5.73 Å². The number of anilines is 1. The van der Waals surface area contributed by atoms with Gasteiger partial charge in [0.25, 0.3) is 5.56 Å². The molecule has 20 heavy (non-hydrogen) atoms. The molecule has 2 N–H and O–H groups in total. The molecule has 5 heteroatoms. The van der Waals surface area contributed by atoms with Crippen LogP contribution in [0.25, 0.3) is 16.5 Å². The van der Waals surface area contributed by atoms with Crippen LogP contribution in [-0.4, -0.2) is 4.57 Å². The summed E-state index contributed by atoms with van der Waals surface area (Å²) in [4.78, 5) is 12.6. The van der Waals surface area contributed by atoms with E-state index in [9.17, 15) is 9.18 Å². The Balaban J connectivity index is 2.39. The molecule has 0 aliphatic carbocycles. The fourth-order valence-electron chi connectivity index (χ4n) is 2.19. The van der Waals surface area contributed by atoms with Gasteiger partial charge in [-0.05, 0) is 51.6 Å². The zero-order chi connectivity index (χ0) is 14.3. The molecule has 100 valence electrons. The van der Waals surface area contributed by atoms with Gasteiger partial charge < -0.3 is 5.73 Å². The molecule has 1 heterocycles. The second-order valence-corrected chi connectivity index (χ2v) is 5.25. The van der Waals surface area contributed by atoms with E-state index in [2.05, 4.69) is 15.9 Å². The molecule has 3 rings (SSSR count). The number of hydrogen-bond donors (Lipinski definition) is 1. The molecule has 0 aliphatic heterocycles. The molecule has 0 saturated heterocycles. The normalized spacial score (nSPS) is 10.9. The van der Waals surface area contributed by atoms with Gasteiger partial charge >= 0.3 is 0 Å². The number of nitrogen functional groups attached to an aromatic ring is 1. The van der Waals surface area contributed by atoms with Gasteiger partial charge in [-0.2, -0.15) is 0 Å². The number of nitrogens with two attached hydrogens (primary N) is 1. The highest BCUT2D eigenvalue weighted by Gasteiger charge is 2.11. The van der Waals surface area contributed by atoms with Crippen molar-refractivity contribution in [3.63, 3.8) is 0 Å². The number of aromatic nitrogens is 1. The topological polar surface area (TPSA) is 48.0 Å². The summed E-state index contributed by atoms with van der Waals surface area (Å²) >= 11 is 3.26. The monoisotopic (exact) mass is 332 g/mol. The second kappa shape index (κ2) is 4.76. The number of hydrogen-bond acceptors (Lipinski definition) is 2. The first kappa shape index (κ1) is 12.9. The molecule has 0 saturated carbocycles. The summed E-state index contributed by atoms with van der Waals surface area (Å²) in [7, 11) is 0. The number of nitrogens with zero attached hydrogens (tertiary/aromatic N) is 1. The van der Waals surface area contributed by atoms with E-state index in [-0.39, 0.29) is 11.4 Å². The molecule has 0 atom stereocenters. The lowest BCUT2D eigenvalue weighted by atomic mass is 10.1. The van der Waals surface area contributed by atoms with Gasteiger partial charge in [0, 0.05) is 9.86 Å². The molecule has 3 aromatic rings. The number of halogens is 2. The van der Waals surface area contributed by atoms with Gasteiger partial charge in [-0.1, -0.05) is 18.2 Å². The number of benzene rings is 2. The standard InChI is InChI=1S/C15H10BrFN2O/c16-12-8-10(17)5-6-13(12)19-14(18)7-9-3-1-2-4-11(9)15(19)20/h1-8H,18H2. The summed E-state index contributed by atoms with van der Waals surface area (Å²) < 4.78 is 15.0. The highest BCUT2D eigenvalue weighted by atomic mass is 79.9. The lowest BCUT2D eigenvalue weighted by Gasteiger charge is -2.13. The van der Waals surface area contributed by atoms with Gasteiger partial charge in [0.05, 0.1) is 5.69 Å². The van der Waals surface area contributed by atoms with E-state index in [1.54, 1.807) is 18.2 Å². The summed E-state index contributed by atoms with van der Waals surface area (Å²) in [5, 5.41) is 1.35. The molecule has 0 fully saturated rings. The Hall–Kier alpha value is -2.14. The average molecular weight is 333 g/mol. The van der Waals surface area contributed by atoms with Gasteiger partial charge in [-0.15, -0.1) is 0 Å². The first-order valence-corrected chi connectivity index (χ1v) is 6.73. The van der Waals surface area contributed by atoms with E-state index >= 15 is 0 Å². The zero-order valence-corrected chi connectivity index (χ0v) is 11.9. The lowest BCUT2D eigenvalue weighted by molar-refractivity contribution is 0.626. The fourth-order valence-corrected chi connectivity index (χ4v) is 2.72. The molecule has 0 aliphatic rings. The Morgan fingerprint density at radius 1 is 1.10 bits per heavy atom. The minimum absolute atomic E-state index is 0.229. The molecule has 0 radical (unpaired) electrons. The van der Waals surface area contributed by atoms with Gasteiger partial charge in [0.2, 0.25) is 0 Å². The highest BCUT2D eigenvalue weighted by Crippen LogP contribution is 2.24. The molecule has 3 nitrogen and oxygen atoms in total. The van der Waals surface area contributed by atoms with E-state index in [1.807, 2.05) is 12.1 Å². The van der Waals surface area contributed by atoms with E-state index in [1.165, 1.54) is 22.8 Å². The van der Waals surface area contributed by atoms with Crippen molar-refractivity contribution in [3.8, 4) is 5.69 Å². The Labute approximate surface area is 122 Å². The molecule has 0 amide bonds. The second-order valence-electron chi connectivity index (χ2n) is 4.39. The van der Waals surface area contributed by atoms with Crippen LogP contribution in [-0.2, 0) is 0 Å². The molecule has 2 aromatic carbocycles. The van der Waals surface area contributed by atoms with Crippen molar-refractivity contribution in [2.75, 3.05) is 5.73 Å². The van der Waals surface area contributed by atoms with Crippen molar-refractivity contribution in [1.82, 2.24) is 4.57 Å². The van der Waals surface area contributed by atoms with Crippen molar-refractivity contribution in [3.05, 3.63) is 69.2 Å². The van der Waals surface area contributed by atoms with E-state index < -0.39 is 0 Å². The maximum absolute atomic E-state index is 13.2. The first-order valence-electron chi connectivity index (χ1n) is 5.93. The largest absolute Gasteiger partial charge is 0.385 e. The summed E-state index contributed by atoms with van der Waals surface area (Å²) in [5.41, 5.74) is 6.26. The van der Waals surface area contributed by atoms with Crippen molar-refractivity contribution >= 4 is 32.5 Å². The molecule has 0 unspecified atom stereocenters. The van der Waals surface area contributed by atoms with Crippen LogP contribution in [0.1, 0.15) is 0 Å². The predicted molar refractivity (Wildman–Crippen MR) is 81.6 cm³/mol. The Morgan fingerprint density at radius 3 is 2.60 bits per heavy atom. The first-order chi connectivity index (χ1) is 9.58. The molecule has 0 bridgehead atoms. The van der Waals surface area contributed by atoms with Crippen LogP contribution in [0, 0.1) is 5.82 Å². The van der Waals surface area contributed by atoms with E-state index in [0.717, 1.165) is 5.39 Å². The van der Waals surface area contributed by atoms with Crippen LogP contribution < -0.4 is 11.3 Å². The van der Waals surface area contributed by atoms with E-state index in [0.29, 0.717) is 21.4 Å². The van der Waals surface area contributed by atoms with Crippen LogP contribution in [0.15, 0.2) is 57.8 Å². The summed E-state index contributed by atoms with van der Waals surface area (Å²) in [6.45, 7) is 0. The molecule has 1 aromatic heterocycles. The highest BCUT2D eigenvalue weighted by molar-refractivity contribution is 9.10. The van der Waals surface area contributed by atoms with Crippen LogP contribution in [0.3, 0.4) is 0 Å². The molecule has 0 spiro atoms. The predicted octanol–water partition coefficient (Wildman–Crippen LogP) is 3.47. The van der Waals surface area contributed by atoms with Crippen LogP contribution >= 0.6 is 15.9 Å². The van der Waals surface area contributed by atoms with Gasteiger partial charge in [-0.25, -0.2) is 4.39 Å². The van der Waals surface area contributed by atoms with Crippen LogP contribution in [0.2, 0.25) is 0 Å². The van der Waals surface area contributed by atoms with Crippen molar-refractivity contribution in [2.45, 2.75) is 0 Å². The maximum Gasteiger partial charge on any atom is 0.264 e. The van der Waals surface area contributed by atoms with Gasteiger partial charge in [0.1, 0.15) is 11.6 Å². The summed E-state index contributed by atoms with van der Waals surface area (Å²) in [5.74, 6) is -0.0750. The summed E-state index contributed by atoms with van der Waals surface area (Å²) in [6.07, 6.45) is 0. The smallest absolute Gasteiger partial charge is 0.264 e. The Morgan fingerprint density at radius 2 is 1.85 bits per heavy atom. The number of rotatable bonds is 1. The van der Waals surface area contributed by atoms with Crippen molar-refractivity contribution in [2.24, 2.45) is 0 Å². The third-order valence-corrected chi connectivity index (χ3v) is 3.74. The van der Waals surface area contributed by atoms with Crippen molar-refractivity contribution < 1.29 is 4.39 Å². The third kappa shape index (κ3) is 2.00. The van der Waals surface area contributed by atoms with Crippen molar-refractivity contribution in [1.29, 1.82) is 0 Å². The number of fused-ring (bicyclic) bond motifs is 1. The SMILES string of the molecule is Nc1cc2ccccc2c(=O)n1-c1ccc(F)cc1Br.